The number of ether oxygens (including phenoxy) is 2. The van der Waals surface area contributed by atoms with Crippen LogP contribution < -0.4 is 5.32 Å². The van der Waals surface area contributed by atoms with Crippen LogP contribution >= 0.6 is 0 Å². The Kier molecular flexibility index (Phi) is 6.27. The Morgan fingerprint density at radius 2 is 2.05 bits per heavy atom. The molecule has 0 spiro atoms. The minimum Gasteiger partial charge on any atom is -0.463 e. The molecule has 1 radical (unpaired) electrons. The van der Waals surface area contributed by atoms with Crippen LogP contribution in [0, 0.1) is 6.92 Å². The first-order valence-electron chi connectivity index (χ1n) is 6.73. The SMILES string of the molecule is [CH2][C@]1(O)C[C@H](O)[C@@H](NC(C)=O)[C@H]([C@H](O)[C@H](O)COC(C)=O)O1. The summed E-state index contributed by atoms with van der Waals surface area (Å²) in [6.45, 7) is 5.18. The first-order valence-corrected chi connectivity index (χ1v) is 6.73. The summed E-state index contributed by atoms with van der Waals surface area (Å²) < 4.78 is 9.74. The van der Waals surface area contributed by atoms with Gasteiger partial charge in [0.2, 0.25) is 5.91 Å². The van der Waals surface area contributed by atoms with Crippen molar-refractivity contribution in [2.45, 2.75) is 56.5 Å². The molecule has 5 N–H and O–H groups in total. The number of hydrogen-bond donors (Lipinski definition) is 5. The molecule has 0 aromatic heterocycles. The molecule has 1 rings (SSSR count). The van der Waals surface area contributed by atoms with Gasteiger partial charge in [-0.3, -0.25) is 9.59 Å². The van der Waals surface area contributed by atoms with Crippen molar-refractivity contribution < 1.29 is 39.5 Å². The summed E-state index contributed by atoms with van der Waals surface area (Å²) in [7, 11) is 0. The zero-order valence-corrected chi connectivity index (χ0v) is 12.4. The number of carbonyl (C=O) groups excluding carboxylic acids is 2. The zero-order valence-electron chi connectivity index (χ0n) is 12.4. The molecule has 0 aromatic carbocycles. The van der Waals surface area contributed by atoms with Crippen molar-refractivity contribution in [3.05, 3.63) is 6.92 Å². The largest absolute Gasteiger partial charge is 0.463 e. The lowest BCUT2D eigenvalue weighted by Gasteiger charge is -2.45. The molecular formula is C13H22NO8. The molecule has 9 nitrogen and oxygen atoms in total. The third-order valence-electron chi connectivity index (χ3n) is 3.21. The minimum absolute atomic E-state index is 0.290. The van der Waals surface area contributed by atoms with Crippen LogP contribution in [0.2, 0.25) is 0 Å². The number of esters is 1. The van der Waals surface area contributed by atoms with E-state index in [-0.39, 0.29) is 6.42 Å². The quantitative estimate of drug-likeness (QED) is 0.348. The van der Waals surface area contributed by atoms with Crippen molar-refractivity contribution in [1.82, 2.24) is 5.32 Å². The molecule has 0 saturated carbocycles. The van der Waals surface area contributed by atoms with Gasteiger partial charge in [0.1, 0.15) is 24.9 Å². The number of hydrogen-bond acceptors (Lipinski definition) is 8. The summed E-state index contributed by atoms with van der Waals surface area (Å²) in [5.74, 6) is -3.13. The first kappa shape index (κ1) is 18.8. The highest BCUT2D eigenvalue weighted by molar-refractivity contribution is 5.73. The number of amides is 1. The number of rotatable bonds is 5. The van der Waals surface area contributed by atoms with Gasteiger partial charge in [0.15, 0.2) is 5.79 Å². The third-order valence-corrected chi connectivity index (χ3v) is 3.21. The van der Waals surface area contributed by atoms with Crippen molar-refractivity contribution in [3.63, 3.8) is 0 Å². The number of carbonyl (C=O) groups is 2. The van der Waals surface area contributed by atoms with Crippen LogP contribution in [0.15, 0.2) is 0 Å². The molecule has 1 saturated heterocycles. The van der Waals surface area contributed by atoms with Gasteiger partial charge in [-0.25, -0.2) is 0 Å². The molecule has 1 amide bonds. The molecule has 127 valence electrons. The maximum Gasteiger partial charge on any atom is 0.302 e. The Morgan fingerprint density at radius 3 is 2.55 bits per heavy atom. The summed E-state index contributed by atoms with van der Waals surface area (Å²) in [5.41, 5.74) is 0. The molecule has 6 atom stereocenters. The normalized spacial score (nSPS) is 34.6. The number of nitrogens with one attached hydrogen (secondary N) is 1. The summed E-state index contributed by atoms with van der Waals surface area (Å²) in [5, 5.41) is 42.2. The van der Waals surface area contributed by atoms with Crippen molar-refractivity contribution in [3.8, 4) is 0 Å². The fourth-order valence-corrected chi connectivity index (χ4v) is 2.26. The lowest BCUT2D eigenvalue weighted by molar-refractivity contribution is -0.279. The van der Waals surface area contributed by atoms with E-state index >= 15 is 0 Å². The number of aliphatic hydroxyl groups excluding tert-OH is 3. The second-order valence-corrected chi connectivity index (χ2v) is 5.39. The van der Waals surface area contributed by atoms with E-state index in [9.17, 15) is 30.0 Å². The number of aliphatic hydroxyl groups is 4. The highest BCUT2D eigenvalue weighted by Gasteiger charge is 2.48. The van der Waals surface area contributed by atoms with Gasteiger partial charge in [-0.05, 0) is 0 Å². The molecule has 1 heterocycles. The van der Waals surface area contributed by atoms with Gasteiger partial charge in [-0.15, -0.1) is 0 Å². The predicted octanol–water partition coefficient (Wildman–Crippen LogP) is -2.55. The predicted molar refractivity (Wildman–Crippen MR) is 72.1 cm³/mol. The fourth-order valence-electron chi connectivity index (χ4n) is 2.26. The van der Waals surface area contributed by atoms with Gasteiger partial charge >= 0.3 is 5.97 Å². The topological polar surface area (TPSA) is 146 Å². The van der Waals surface area contributed by atoms with Gasteiger partial charge in [-0.1, -0.05) is 0 Å². The lowest BCUT2D eigenvalue weighted by atomic mass is 9.89. The van der Waals surface area contributed by atoms with Crippen molar-refractivity contribution in [1.29, 1.82) is 0 Å². The molecule has 0 unspecified atom stereocenters. The standard InChI is InChI=1S/C13H22NO8/c1-6(15)14-10-8(17)4-13(3,20)22-12(10)11(19)9(18)5-21-7(2)16/h8-12,17-20H,3-5H2,1-2H3,(H,14,15)/t8-,9+,10+,11+,12+,13+/m0/s1. The van der Waals surface area contributed by atoms with Crippen LogP contribution in [0.1, 0.15) is 20.3 Å². The van der Waals surface area contributed by atoms with Crippen LogP contribution in [-0.2, 0) is 19.1 Å². The highest BCUT2D eigenvalue weighted by atomic mass is 16.6. The fraction of sp³-hybridized carbons (Fsp3) is 0.769. The van der Waals surface area contributed by atoms with E-state index in [1.807, 2.05) is 0 Å². The maximum absolute atomic E-state index is 11.2. The average molecular weight is 320 g/mol. The summed E-state index contributed by atoms with van der Waals surface area (Å²) >= 11 is 0. The van der Waals surface area contributed by atoms with Crippen molar-refractivity contribution >= 4 is 11.9 Å². The van der Waals surface area contributed by atoms with Crippen molar-refractivity contribution in [2.75, 3.05) is 6.61 Å². The van der Waals surface area contributed by atoms with E-state index < -0.39 is 54.7 Å². The third kappa shape index (κ3) is 5.18. The Balaban J connectivity index is 2.87. The van der Waals surface area contributed by atoms with Crippen LogP contribution in [-0.4, -0.2) is 75.2 Å². The molecule has 9 heteroatoms. The highest BCUT2D eigenvalue weighted by Crippen LogP contribution is 2.29. The zero-order chi connectivity index (χ0) is 17.1. The van der Waals surface area contributed by atoms with Gasteiger partial charge < -0.3 is 35.2 Å². The molecule has 0 aromatic rings. The molecule has 1 aliphatic rings. The minimum atomic E-state index is -1.98. The van der Waals surface area contributed by atoms with E-state index in [1.54, 1.807) is 0 Å². The summed E-state index contributed by atoms with van der Waals surface area (Å²) in [6.07, 6.45) is -6.06. The average Bonchev–Trinajstić information content (AvgIpc) is 2.37. The van der Waals surface area contributed by atoms with Crippen molar-refractivity contribution in [2.24, 2.45) is 0 Å². The Labute approximate surface area is 127 Å². The second-order valence-electron chi connectivity index (χ2n) is 5.39. The Morgan fingerprint density at radius 1 is 1.45 bits per heavy atom. The molecule has 1 fully saturated rings. The van der Waals surface area contributed by atoms with E-state index in [0.29, 0.717) is 0 Å². The summed E-state index contributed by atoms with van der Waals surface area (Å²) in [6, 6.07) is -1.07. The van der Waals surface area contributed by atoms with E-state index in [2.05, 4.69) is 17.0 Å². The monoisotopic (exact) mass is 320 g/mol. The van der Waals surface area contributed by atoms with Crippen LogP contribution in [0.25, 0.3) is 0 Å². The van der Waals surface area contributed by atoms with E-state index in [0.717, 1.165) is 6.92 Å². The lowest BCUT2D eigenvalue weighted by Crippen LogP contribution is -2.65. The van der Waals surface area contributed by atoms with Crippen LogP contribution in [0.3, 0.4) is 0 Å². The van der Waals surface area contributed by atoms with Gasteiger partial charge in [-0.2, -0.15) is 0 Å². The Hall–Kier alpha value is -1.26. The molecular weight excluding hydrogens is 298 g/mol. The van der Waals surface area contributed by atoms with Gasteiger partial charge in [0.25, 0.3) is 0 Å². The van der Waals surface area contributed by atoms with Gasteiger partial charge in [0.05, 0.1) is 12.1 Å². The van der Waals surface area contributed by atoms with Crippen LogP contribution in [0.4, 0.5) is 0 Å². The molecule has 0 bridgehead atoms. The van der Waals surface area contributed by atoms with E-state index in [4.69, 9.17) is 4.74 Å². The summed E-state index contributed by atoms with van der Waals surface area (Å²) in [4.78, 5) is 21.9. The first-order chi connectivity index (χ1) is 10.0. The molecule has 0 aliphatic carbocycles. The Bertz CT molecular complexity index is 413. The molecule has 1 aliphatic heterocycles. The second kappa shape index (κ2) is 7.34. The van der Waals surface area contributed by atoms with E-state index in [1.165, 1.54) is 6.92 Å². The molecule has 22 heavy (non-hydrogen) atoms. The van der Waals surface area contributed by atoms with Crippen LogP contribution in [0.5, 0.6) is 0 Å². The smallest absolute Gasteiger partial charge is 0.302 e. The maximum atomic E-state index is 11.2. The van der Waals surface area contributed by atoms with Gasteiger partial charge in [0, 0.05) is 27.2 Å².